The fourth-order valence-electron chi connectivity index (χ4n) is 2.31. The zero-order valence-electron chi connectivity index (χ0n) is 21.1. The molecular formula is C17H20N4Na4O12. The minimum absolute atomic E-state index is 0. The Balaban J connectivity index is -0.000000853. The third kappa shape index (κ3) is 21.4. The zero-order valence-corrected chi connectivity index (χ0v) is 29.1. The topological polar surface area (TPSA) is 291 Å². The molecule has 0 aliphatic rings. The summed E-state index contributed by atoms with van der Waals surface area (Å²) < 4.78 is 0. The van der Waals surface area contributed by atoms with Gasteiger partial charge < -0.3 is 61.3 Å². The molecule has 0 aromatic rings. The minimum Gasteiger partial charge on any atom is -0.550 e. The van der Waals surface area contributed by atoms with E-state index in [9.17, 15) is 58.8 Å². The number of Topliss-reactive ketones (excluding diaryl/α,β-unsaturated/α-hetero) is 1. The van der Waals surface area contributed by atoms with Gasteiger partial charge in [-0.1, -0.05) is 0 Å². The van der Waals surface area contributed by atoms with E-state index in [1.807, 2.05) is 5.32 Å². The standard InChI is InChI=1S/C17H24N4O12.4Na/c1-6(22)2-9(16(30)31)21-15(29)8(5-13(26)27)19-11(23)4-10(17(32)33)20-14(28)7(18)3-12(24)25;;;;/h7-10H,2-5,18H2,1H3,(H,19,23)(H,20,28)(H,21,29)(H,24,25)(H,26,27)(H,30,31)(H,32,33);;;;/q;4*+1/p-4. The summed E-state index contributed by atoms with van der Waals surface area (Å²) in [7, 11) is 0. The van der Waals surface area contributed by atoms with Gasteiger partial charge in [0.15, 0.2) is 0 Å². The number of amides is 3. The van der Waals surface area contributed by atoms with Crippen LogP contribution in [0, 0.1) is 0 Å². The quantitative estimate of drug-likeness (QED) is 0.135. The number of nitrogens with two attached hydrogens (primary N) is 1. The molecule has 0 saturated heterocycles. The van der Waals surface area contributed by atoms with E-state index in [1.165, 1.54) is 0 Å². The van der Waals surface area contributed by atoms with Gasteiger partial charge in [0.25, 0.3) is 0 Å². The van der Waals surface area contributed by atoms with Crippen molar-refractivity contribution in [3.8, 4) is 0 Å². The van der Waals surface area contributed by atoms with Crippen molar-refractivity contribution in [2.24, 2.45) is 5.73 Å². The van der Waals surface area contributed by atoms with Crippen LogP contribution < -0.4 is 160 Å². The van der Waals surface area contributed by atoms with E-state index in [1.54, 1.807) is 10.6 Å². The number of rotatable bonds is 15. The van der Waals surface area contributed by atoms with Crippen molar-refractivity contribution in [1.29, 1.82) is 0 Å². The average molecular weight is 564 g/mol. The number of carbonyl (C=O) groups is 8. The maximum atomic E-state index is 12.2. The Morgan fingerprint density at radius 2 is 1.00 bits per heavy atom. The molecule has 0 heterocycles. The first-order valence-corrected chi connectivity index (χ1v) is 9.10. The second-order valence-electron chi connectivity index (χ2n) is 6.75. The van der Waals surface area contributed by atoms with E-state index in [-0.39, 0.29) is 118 Å². The van der Waals surface area contributed by atoms with Gasteiger partial charge in [0.05, 0.1) is 36.5 Å². The third-order valence-electron chi connectivity index (χ3n) is 3.83. The summed E-state index contributed by atoms with van der Waals surface area (Å²) in [4.78, 5) is 90.7. The Morgan fingerprint density at radius 3 is 1.38 bits per heavy atom. The van der Waals surface area contributed by atoms with Crippen LogP contribution in [0.5, 0.6) is 0 Å². The Bertz CT molecular complexity index is 845. The Hall–Kier alpha value is -0.0800. The van der Waals surface area contributed by atoms with Crippen LogP contribution in [0.4, 0.5) is 0 Å². The van der Waals surface area contributed by atoms with Crippen molar-refractivity contribution in [3.63, 3.8) is 0 Å². The predicted octanol–water partition coefficient (Wildman–Crippen LogP) is -21.1. The second kappa shape index (κ2) is 23.8. The van der Waals surface area contributed by atoms with Crippen LogP contribution in [-0.2, 0) is 38.4 Å². The Kier molecular flexibility index (Phi) is 30.0. The van der Waals surface area contributed by atoms with Crippen LogP contribution in [0.25, 0.3) is 0 Å². The van der Waals surface area contributed by atoms with Crippen LogP contribution in [0.3, 0.4) is 0 Å². The van der Waals surface area contributed by atoms with E-state index < -0.39 is 97.2 Å². The van der Waals surface area contributed by atoms with Gasteiger partial charge in [0, 0.05) is 31.2 Å². The molecule has 0 aliphatic carbocycles. The maximum Gasteiger partial charge on any atom is 1.00 e. The first-order valence-electron chi connectivity index (χ1n) is 9.10. The monoisotopic (exact) mass is 564 g/mol. The SMILES string of the molecule is CC(=O)CC(NC(=O)C(CC(=O)[O-])NC(=O)CC(NC(=O)C(N)CC(=O)[O-])C(=O)[O-])C(=O)[O-].[Na+].[Na+].[Na+].[Na+]. The number of aliphatic carboxylic acids is 4. The summed E-state index contributed by atoms with van der Waals surface area (Å²) in [6, 6.07) is -7.60. The van der Waals surface area contributed by atoms with E-state index >= 15 is 0 Å². The average Bonchev–Trinajstić information content (AvgIpc) is 2.64. The zero-order chi connectivity index (χ0) is 25.9. The van der Waals surface area contributed by atoms with E-state index in [0.29, 0.717) is 0 Å². The van der Waals surface area contributed by atoms with Crippen molar-refractivity contribution in [1.82, 2.24) is 16.0 Å². The van der Waals surface area contributed by atoms with E-state index in [4.69, 9.17) is 5.73 Å². The first kappa shape index (κ1) is 46.8. The molecule has 16 nitrogen and oxygen atoms in total. The molecule has 0 radical (unpaired) electrons. The normalized spacial score (nSPS) is 12.5. The summed E-state index contributed by atoms with van der Waals surface area (Å²) in [5.41, 5.74) is 5.23. The van der Waals surface area contributed by atoms with Crippen LogP contribution in [0.15, 0.2) is 0 Å². The van der Waals surface area contributed by atoms with Crippen LogP contribution in [-0.4, -0.2) is 71.5 Å². The molecule has 0 aliphatic heterocycles. The van der Waals surface area contributed by atoms with Gasteiger partial charge in [-0.05, 0) is 6.92 Å². The number of hydrogen-bond donors (Lipinski definition) is 4. The van der Waals surface area contributed by atoms with E-state index in [2.05, 4.69) is 0 Å². The summed E-state index contributed by atoms with van der Waals surface area (Å²) in [6.07, 6.45) is -3.95. The summed E-state index contributed by atoms with van der Waals surface area (Å²) in [5.74, 6) is -12.1. The Labute approximate surface area is 299 Å². The van der Waals surface area contributed by atoms with Crippen LogP contribution in [0.1, 0.15) is 32.6 Å². The fraction of sp³-hybridized carbons (Fsp3) is 0.529. The predicted molar refractivity (Wildman–Crippen MR) is 92.9 cm³/mol. The van der Waals surface area contributed by atoms with Crippen molar-refractivity contribution in [2.75, 3.05) is 0 Å². The van der Waals surface area contributed by atoms with Crippen molar-refractivity contribution < 1.29 is 177 Å². The Morgan fingerprint density at radius 1 is 0.595 bits per heavy atom. The third-order valence-corrected chi connectivity index (χ3v) is 3.83. The smallest absolute Gasteiger partial charge is 0.550 e. The van der Waals surface area contributed by atoms with Gasteiger partial charge in [-0.2, -0.15) is 0 Å². The molecule has 37 heavy (non-hydrogen) atoms. The number of nitrogens with one attached hydrogen (secondary N) is 3. The molecule has 5 N–H and O–H groups in total. The number of hydrogen-bond acceptors (Lipinski definition) is 13. The maximum absolute atomic E-state index is 12.2. The molecule has 20 heteroatoms. The molecule has 0 fully saturated rings. The van der Waals surface area contributed by atoms with Crippen molar-refractivity contribution in [2.45, 2.75) is 56.8 Å². The first-order chi connectivity index (χ1) is 15.1. The van der Waals surface area contributed by atoms with Gasteiger partial charge in [-0.15, -0.1) is 0 Å². The molecule has 0 aromatic carbocycles. The van der Waals surface area contributed by atoms with Gasteiger partial charge in [-0.25, -0.2) is 0 Å². The van der Waals surface area contributed by atoms with E-state index in [0.717, 1.165) is 6.92 Å². The molecule has 0 bridgehead atoms. The van der Waals surface area contributed by atoms with Gasteiger partial charge >= 0.3 is 118 Å². The number of carbonyl (C=O) groups excluding carboxylic acids is 8. The van der Waals surface area contributed by atoms with Crippen molar-refractivity contribution >= 4 is 47.4 Å². The molecule has 4 atom stereocenters. The fourth-order valence-corrected chi connectivity index (χ4v) is 2.31. The second-order valence-corrected chi connectivity index (χ2v) is 6.75. The number of ketones is 1. The van der Waals surface area contributed by atoms with Crippen LogP contribution >= 0.6 is 0 Å². The summed E-state index contributed by atoms with van der Waals surface area (Å²) in [6.45, 7) is 1.01. The largest absolute Gasteiger partial charge is 1.00 e. The number of carboxylic acids is 4. The van der Waals surface area contributed by atoms with Crippen molar-refractivity contribution in [3.05, 3.63) is 0 Å². The summed E-state index contributed by atoms with van der Waals surface area (Å²) >= 11 is 0. The number of carboxylic acid groups (broad SMARTS) is 4. The van der Waals surface area contributed by atoms with Gasteiger partial charge in [0.1, 0.15) is 11.8 Å². The molecule has 4 unspecified atom stereocenters. The molecule has 0 saturated carbocycles. The summed E-state index contributed by atoms with van der Waals surface area (Å²) in [5, 5.41) is 48.9. The molecular weight excluding hydrogens is 544 g/mol. The van der Waals surface area contributed by atoms with Gasteiger partial charge in [-0.3, -0.25) is 19.2 Å². The minimum atomic E-state index is -2.06. The molecule has 3 amide bonds. The molecule has 0 spiro atoms. The molecule has 0 rings (SSSR count). The molecule has 0 aromatic heterocycles. The van der Waals surface area contributed by atoms with Gasteiger partial charge in [0.2, 0.25) is 17.7 Å². The van der Waals surface area contributed by atoms with Crippen LogP contribution in [0.2, 0.25) is 0 Å². The molecule has 184 valence electrons.